The number of hydrogen-bond acceptors (Lipinski definition) is 10. The number of carbonyl (C=O) groups excluding carboxylic acids is 1. The minimum atomic E-state index is -3.82. The Labute approximate surface area is 271 Å². The van der Waals surface area contributed by atoms with Crippen LogP contribution in [0.3, 0.4) is 0 Å². The van der Waals surface area contributed by atoms with Crippen LogP contribution in [0.1, 0.15) is 111 Å². The molecule has 0 saturated carbocycles. The number of primary amides is 1. The zero-order valence-electron chi connectivity index (χ0n) is 28.1. The van der Waals surface area contributed by atoms with Crippen molar-refractivity contribution in [1.29, 1.82) is 0 Å². The van der Waals surface area contributed by atoms with Crippen molar-refractivity contribution in [2.24, 2.45) is 5.73 Å². The van der Waals surface area contributed by atoms with E-state index in [0.717, 1.165) is 13.0 Å². The first kappa shape index (κ1) is 38.2. The lowest BCUT2D eigenvalue weighted by molar-refractivity contribution is -0.204. The molecule has 0 bridgehead atoms. The molecule has 0 spiro atoms. The minimum Gasteiger partial charge on any atom is -0.381 e. The van der Waals surface area contributed by atoms with Crippen LogP contribution in [0.4, 0.5) is 0 Å². The fraction of sp³-hybridized carbons (Fsp3) is 0.848. The van der Waals surface area contributed by atoms with Gasteiger partial charge < -0.3 is 29.6 Å². The Balaban J connectivity index is 1.26. The third-order valence-electron chi connectivity index (χ3n) is 8.39. The molecule has 2 saturated heterocycles. The van der Waals surface area contributed by atoms with Gasteiger partial charge in [-0.1, -0.05) is 90.0 Å². The van der Waals surface area contributed by atoms with E-state index in [1.807, 2.05) is 24.9 Å². The first-order chi connectivity index (χ1) is 21.7. The zero-order chi connectivity index (χ0) is 32.5. The number of unbranched alkanes of at least 4 members (excludes halogenated alkanes) is 12. The second kappa shape index (κ2) is 20.2. The van der Waals surface area contributed by atoms with Crippen molar-refractivity contribution in [3.8, 4) is 0 Å². The molecule has 45 heavy (non-hydrogen) atoms. The molecule has 3 heterocycles. The van der Waals surface area contributed by atoms with Crippen molar-refractivity contribution in [3.05, 3.63) is 23.9 Å². The van der Waals surface area contributed by atoms with Gasteiger partial charge in [-0.15, -0.1) is 0 Å². The van der Waals surface area contributed by atoms with E-state index in [2.05, 4.69) is 6.92 Å². The van der Waals surface area contributed by atoms with E-state index in [9.17, 15) is 9.36 Å². The number of hydrogen-bond donors (Lipinski definition) is 1. The summed E-state index contributed by atoms with van der Waals surface area (Å²) in [5, 5.41) is 0. The quantitative estimate of drug-likeness (QED) is 0.0830. The van der Waals surface area contributed by atoms with Crippen molar-refractivity contribution >= 4 is 13.7 Å². The van der Waals surface area contributed by atoms with Gasteiger partial charge in [0.05, 0.1) is 19.8 Å². The number of nitrogens with two attached hydrogens (primary N) is 1. The number of rotatable bonds is 25. The number of fused-ring (bicyclic) bond motifs is 1. The SMILES string of the molecule is CCCCCCCCCCCCCCCOCCCOP(=O)(OC)OCC1OC(N2C=CC=C(C(N)=O)C2)C2OC(C)(C)OC12. The van der Waals surface area contributed by atoms with Crippen LogP contribution in [0.2, 0.25) is 0 Å². The van der Waals surface area contributed by atoms with Crippen LogP contribution in [-0.4, -0.2) is 81.2 Å². The standard InChI is InChI=1S/C33H59N2O9P/c1-5-6-7-8-9-10-11-12-13-14-15-16-17-22-39-23-19-24-40-45(37,38-4)41-26-28-29-30(44-33(2,3)43-29)32(42-28)35-21-18-20-27(25-35)31(34)36/h18,20-21,28-30,32H,5-17,19,22-26H2,1-4H3,(H2,34,36). The van der Waals surface area contributed by atoms with E-state index < -0.39 is 44.1 Å². The Morgan fingerprint density at radius 1 is 0.911 bits per heavy atom. The second-order valence-corrected chi connectivity index (χ2v) is 14.4. The number of ether oxygens (including phenoxy) is 4. The van der Waals surface area contributed by atoms with Crippen molar-refractivity contribution in [3.63, 3.8) is 0 Å². The van der Waals surface area contributed by atoms with Crippen LogP contribution in [-0.2, 0) is 41.9 Å². The van der Waals surface area contributed by atoms with E-state index in [-0.39, 0.29) is 19.8 Å². The van der Waals surface area contributed by atoms with Crippen molar-refractivity contribution in [2.45, 2.75) is 141 Å². The minimum absolute atomic E-state index is 0.0894. The maximum Gasteiger partial charge on any atom is 0.474 e. The van der Waals surface area contributed by atoms with E-state index in [4.69, 9.17) is 38.3 Å². The molecule has 5 unspecified atom stereocenters. The van der Waals surface area contributed by atoms with Crippen molar-refractivity contribution in [2.75, 3.05) is 40.1 Å². The normalized spacial score (nSPS) is 25.3. The topological polar surface area (TPSA) is 128 Å². The van der Waals surface area contributed by atoms with Gasteiger partial charge in [0.1, 0.15) is 18.3 Å². The number of amides is 1. The Hall–Kier alpha value is -1.30. The summed E-state index contributed by atoms with van der Waals surface area (Å²) < 4.78 is 53.6. The zero-order valence-corrected chi connectivity index (χ0v) is 29.0. The van der Waals surface area contributed by atoms with Gasteiger partial charge in [0.25, 0.3) is 0 Å². The molecule has 2 N–H and O–H groups in total. The summed E-state index contributed by atoms with van der Waals surface area (Å²) in [5.41, 5.74) is 5.95. The molecule has 2 fully saturated rings. The molecule has 0 aromatic carbocycles. The molecule has 0 aliphatic carbocycles. The second-order valence-electron chi connectivity index (χ2n) is 12.7. The number of carbonyl (C=O) groups is 1. The smallest absolute Gasteiger partial charge is 0.381 e. The number of phosphoric acid groups is 1. The predicted molar refractivity (Wildman–Crippen MR) is 173 cm³/mol. The molecule has 12 heteroatoms. The molecular weight excluding hydrogens is 599 g/mol. The third kappa shape index (κ3) is 13.4. The summed E-state index contributed by atoms with van der Waals surface area (Å²) in [5.74, 6) is -1.34. The Bertz CT molecular complexity index is 976. The van der Waals surface area contributed by atoms with Gasteiger partial charge in [-0.3, -0.25) is 18.4 Å². The molecule has 1 amide bonds. The number of phosphoric ester groups is 1. The van der Waals surface area contributed by atoms with E-state index in [1.54, 1.807) is 12.2 Å². The predicted octanol–water partition coefficient (Wildman–Crippen LogP) is 6.76. The fourth-order valence-corrected chi connectivity index (χ4v) is 6.90. The highest BCUT2D eigenvalue weighted by atomic mass is 31.2. The number of nitrogens with zero attached hydrogens (tertiary/aromatic N) is 1. The highest BCUT2D eigenvalue weighted by Gasteiger charge is 2.57. The monoisotopic (exact) mass is 658 g/mol. The molecule has 0 aromatic heterocycles. The molecule has 0 aromatic rings. The lowest BCUT2D eigenvalue weighted by Gasteiger charge is -2.33. The molecule has 11 nitrogen and oxygen atoms in total. The Kier molecular flexibility index (Phi) is 17.1. The van der Waals surface area contributed by atoms with Gasteiger partial charge in [-0.2, -0.15) is 0 Å². The molecule has 5 atom stereocenters. The lowest BCUT2D eigenvalue weighted by atomic mass is 10.0. The lowest BCUT2D eigenvalue weighted by Crippen LogP contribution is -2.44. The maximum absolute atomic E-state index is 13.1. The summed E-state index contributed by atoms with van der Waals surface area (Å²) in [4.78, 5) is 13.6. The van der Waals surface area contributed by atoms with Crippen LogP contribution < -0.4 is 5.73 Å². The van der Waals surface area contributed by atoms with Crippen LogP contribution in [0.15, 0.2) is 23.9 Å². The third-order valence-corrected chi connectivity index (χ3v) is 9.80. The van der Waals surface area contributed by atoms with Gasteiger partial charge in [0.2, 0.25) is 5.91 Å². The Morgan fingerprint density at radius 2 is 1.51 bits per heavy atom. The molecule has 260 valence electrons. The Morgan fingerprint density at radius 3 is 2.13 bits per heavy atom. The summed E-state index contributed by atoms with van der Waals surface area (Å²) in [6, 6.07) is 0. The van der Waals surface area contributed by atoms with Gasteiger partial charge in [0.15, 0.2) is 12.0 Å². The first-order valence-corrected chi connectivity index (χ1v) is 18.6. The fourth-order valence-electron chi connectivity index (χ4n) is 5.94. The maximum atomic E-state index is 13.1. The summed E-state index contributed by atoms with van der Waals surface area (Å²) in [6.45, 7) is 7.52. The summed E-state index contributed by atoms with van der Waals surface area (Å²) in [6.07, 6.45) is 20.9. The average Bonchev–Trinajstić information content (AvgIpc) is 3.52. The molecule has 3 aliphatic rings. The van der Waals surface area contributed by atoms with Crippen LogP contribution in [0.25, 0.3) is 0 Å². The molecule has 0 radical (unpaired) electrons. The van der Waals surface area contributed by atoms with E-state index >= 15 is 0 Å². The van der Waals surface area contributed by atoms with Crippen molar-refractivity contribution in [1.82, 2.24) is 4.90 Å². The first-order valence-electron chi connectivity index (χ1n) is 17.1. The number of allylic oxidation sites excluding steroid dienone is 2. The van der Waals surface area contributed by atoms with Crippen LogP contribution in [0.5, 0.6) is 0 Å². The van der Waals surface area contributed by atoms with Crippen LogP contribution in [0, 0.1) is 0 Å². The van der Waals surface area contributed by atoms with E-state index in [1.165, 1.54) is 84.2 Å². The summed E-state index contributed by atoms with van der Waals surface area (Å²) >= 11 is 0. The molecule has 3 aliphatic heterocycles. The largest absolute Gasteiger partial charge is 0.474 e. The highest BCUT2D eigenvalue weighted by Crippen LogP contribution is 2.50. The average molecular weight is 659 g/mol. The van der Waals surface area contributed by atoms with E-state index in [0.29, 0.717) is 18.6 Å². The van der Waals surface area contributed by atoms with Gasteiger partial charge in [0, 0.05) is 32.1 Å². The van der Waals surface area contributed by atoms with Gasteiger partial charge in [-0.25, -0.2) is 4.57 Å². The van der Waals surface area contributed by atoms with Gasteiger partial charge in [-0.05, 0) is 32.8 Å². The molecule has 3 rings (SSSR count). The highest BCUT2D eigenvalue weighted by molar-refractivity contribution is 7.48. The summed E-state index contributed by atoms with van der Waals surface area (Å²) in [7, 11) is -2.52. The van der Waals surface area contributed by atoms with Crippen LogP contribution >= 0.6 is 7.82 Å². The van der Waals surface area contributed by atoms with Gasteiger partial charge >= 0.3 is 7.82 Å². The van der Waals surface area contributed by atoms with Crippen molar-refractivity contribution < 1.29 is 41.9 Å². The molecular formula is C33H59N2O9P.